The van der Waals surface area contributed by atoms with E-state index in [0.717, 1.165) is 6.07 Å². The number of esters is 1. The molecule has 2 aromatic rings. The van der Waals surface area contributed by atoms with E-state index < -0.39 is 88.8 Å². The minimum absolute atomic E-state index is 0.0709. The third-order valence-corrected chi connectivity index (χ3v) is 9.84. The molecule has 9 atom stereocenters. The number of phenolic OH excluding ortho intramolecular Hbond substituents is 3. The molecule has 13 nitrogen and oxygen atoms in total. The first-order valence-corrected chi connectivity index (χ1v) is 16.4. The van der Waals surface area contributed by atoms with Gasteiger partial charge >= 0.3 is 11.8 Å². The van der Waals surface area contributed by atoms with E-state index in [1.54, 1.807) is 39.8 Å². The molecule has 0 spiro atoms. The minimum Gasteiger partial charge on any atom is -0.507 e. The second kappa shape index (κ2) is 14.7. The fourth-order valence-electron chi connectivity index (χ4n) is 6.65. The summed E-state index contributed by atoms with van der Waals surface area (Å²) in [6.45, 7) is 12.5. The first kappa shape index (κ1) is 38.2. The number of amides is 1. The molecule has 0 unspecified atom stereocenters. The van der Waals surface area contributed by atoms with E-state index in [9.17, 15) is 39.9 Å². The number of carbonyl (C=O) groups excluding carboxylic acids is 3. The summed E-state index contributed by atoms with van der Waals surface area (Å²) in [6, 6.07) is 1.06. The van der Waals surface area contributed by atoms with Crippen molar-refractivity contribution in [2.75, 3.05) is 12.4 Å². The van der Waals surface area contributed by atoms with Gasteiger partial charge in [-0.05, 0) is 19.9 Å². The highest BCUT2D eigenvalue weighted by molar-refractivity contribution is 6.21. The van der Waals surface area contributed by atoms with Gasteiger partial charge in [0.25, 0.3) is 11.7 Å². The van der Waals surface area contributed by atoms with Crippen LogP contribution in [0.25, 0.3) is 10.8 Å². The number of Topliss-reactive ketones (excluding diaryl/α,β-unsaturated/α-hetero) is 1. The van der Waals surface area contributed by atoms with Crippen molar-refractivity contribution in [2.24, 2.45) is 23.7 Å². The smallest absolute Gasteiger partial charge is 0.312 e. The highest BCUT2D eigenvalue weighted by atomic mass is 16.7. The number of carbonyl (C=O) groups is 3. The quantitative estimate of drug-likeness (QED) is 0.143. The van der Waals surface area contributed by atoms with E-state index in [4.69, 9.17) is 18.9 Å². The van der Waals surface area contributed by atoms with Crippen LogP contribution in [-0.2, 0) is 23.8 Å². The average Bonchev–Trinajstić information content (AvgIpc) is 3.33. The molecule has 3 aliphatic heterocycles. The monoisotopic (exact) mass is 697 g/mol. The standard InChI is InChI=1S/C37H47NO12/c1-16-11-10-12-17(2)36(46)38-23-15-24(40)26-27(32(23)44)31(43)21(6)34-28(26)35(45)37(8,50-34)48-14-13-25(47-9)18(3)33(49-22(7)39)20(5)30(42)19(4)29(16)41/h10-16,18-20,25,29-30,33,40-44H,1-9H3,(H,38,46)/t16-,18+,19+,20+,25-,29+,30+,33-,37+/m0/s1. The molecular formula is C37H47NO12. The Morgan fingerprint density at radius 1 is 0.940 bits per heavy atom. The van der Waals surface area contributed by atoms with Crippen molar-refractivity contribution in [1.82, 2.24) is 0 Å². The highest BCUT2D eigenvalue weighted by Gasteiger charge is 2.49. The van der Waals surface area contributed by atoms with Gasteiger partial charge in [-0.15, -0.1) is 0 Å². The predicted molar refractivity (Wildman–Crippen MR) is 184 cm³/mol. The van der Waals surface area contributed by atoms with E-state index in [1.807, 2.05) is 0 Å². The zero-order valence-electron chi connectivity index (χ0n) is 29.7. The van der Waals surface area contributed by atoms with Crippen molar-refractivity contribution in [2.45, 2.75) is 85.6 Å². The average molecular weight is 698 g/mol. The van der Waals surface area contributed by atoms with Crippen molar-refractivity contribution in [3.63, 3.8) is 0 Å². The molecule has 3 heterocycles. The lowest BCUT2D eigenvalue weighted by Crippen LogP contribution is -2.46. The van der Waals surface area contributed by atoms with Crippen molar-refractivity contribution < 1.29 is 58.9 Å². The Kier molecular flexibility index (Phi) is 11.2. The van der Waals surface area contributed by atoms with E-state index in [1.165, 1.54) is 53.2 Å². The van der Waals surface area contributed by atoms with Crippen molar-refractivity contribution in [1.29, 1.82) is 0 Å². The van der Waals surface area contributed by atoms with Crippen LogP contribution in [0.1, 0.15) is 64.4 Å². The summed E-state index contributed by atoms with van der Waals surface area (Å²) >= 11 is 0. The van der Waals surface area contributed by atoms with Gasteiger partial charge < -0.3 is 49.8 Å². The molecule has 2 aromatic carbocycles. The van der Waals surface area contributed by atoms with E-state index in [-0.39, 0.29) is 38.9 Å². The fourth-order valence-corrected chi connectivity index (χ4v) is 6.65. The second-order valence-electron chi connectivity index (χ2n) is 13.4. The van der Waals surface area contributed by atoms with Gasteiger partial charge in [-0.3, -0.25) is 14.4 Å². The van der Waals surface area contributed by atoms with Crippen molar-refractivity contribution >= 4 is 34.1 Å². The number of methoxy groups -OCH3 is 1. The molecule has 5 rings (SSSR count). The number of fused-ring (bicyclic) bond motifs is 14. The summed E-state index contributed by atoms with van der Waals surface area (Å²) in [7, 11) is 1.43. The minimum atomic E-state index is -1.98. The summed E-state index contributed by atoms with van der Waals surface area (Å²) in [5.41, 5.74) is -0.0929. The van der Waals surface area contributed by atoms with E-state index in [2.05, 4.69) is 5.32 Å². The largest absolute Gasteiger partial charge is 0.507 e. The first-order valence-electron chi connectivity index (χ1n) is 16.4. The van der Waals surface area contributed by atoms with Crippen LogP contribution >= 0.6 is 0 Å². The van der Waals surface area contributed by atoms with Gasteiger partial charge in [0.1, 0.15) is 23.4 Å². The third kappa shape index (κ3) is 7.03. The Bertz CT molecular complexity index is 1760. The molecule has 13 heteroatoms. The van der Waals surface area contributed by atoms with Gasteiger partial charge in [0, 0.05) is 67.2 Å². The van der Waals surface area contributed by atoms with Crippen LogP contribution in [0.5, 0.6) is 23.0 Å². The van der Waals surface area contributed by atoms with Crippen LogP contribution in [0, 0.1) is 30.6 Å². The fraction of sp³-hybridized carbons (Fsp3) is 0.486. The molecule has 0 radical (unpaired) electrons. The highest BCUT2D eigenvalue weighted by Crippen LogP contribution is 2.53. The van der Waals surface area contributed by atoms with Gasteiger partial charge in [-0.2, -0.15) is 0 Å². The number of aliphatic hydroxyl groups is 2. The molecule has 0 saturated carbocycles. The zero-order chi connectivity index (χ0) is 37.4. The lowest BCUT2D eigenvalue weighted by atomic mass is 9.78. The maximum atomic E-state index is 13.9. The van der Waals surface area contributed by atoms with E-state index in [0.29, 0.717) is 0 Å². The summed E-state index contributed by atoms with van der Waals surface area (Å²) in [6.07, 6.45) is 3.62. The molecule has 50 heavy (non-hydrogen) atoms. The lowest BCUT2D eigenvalue weighted by Gasteiger charge is -2.38. The van der Waals surface area contributed by atoms with Gasteiger partial charge in [-0.25, -0.2) is 0 Å². The summed E-state index contributed by atoms with van der Waals surface area (Å²) < 4.78 is 23.2. The van der Waals surface area contributed by atoms with Gasteiger partial charge in [0.05, 0.1) is 41.2 Å². The summed E-state index contributed by atoms with van der Waals surface area (Å²) in [5, 5.41) is 58.2. The van der Waals surface area contributed by atoms with Crippen LogP contribution in [-0.4, -0.2) is 80.5 Å². The number of ketones is 1. The maximum Gasteiger partial charge on any atom is 0.312 e. The van der Waals surface area contributed by atoms with Crippen LogP contribution in [0.4, 0.5) is 5.69 Å². The molecule has 0 saturated heterocycles. The van der Waals surface area contributed by atoms with Gasteiger partial charge in [-0.1, -0.05) is 45.9 Å². The SMILES string of the molecule is CO[C@H]1C=CO[C@]2(C)Oc3c(C)c(O)c4c(O)c(cc(O)c4c3C2=O)NC(=O)C(C)=CC=C[C@H](C)[C@@H](O)[C@@H](C)[C@@H](O)[C@@H](C)[C@@H](OC(C)=O)[C@@H]1C. The molecule has 6 N–H and O–H groups in total. The molecule has 0 aromatic heterocycles. The second-order valence-corrected chi connectivity index (χ2v) is 13.4. The van der Waals surface area contributed by atoms with Crippen LogP contribution in [0.15, 0.2) is 42.2 Å². The number of hydrogen-bond donors (Lipinski definition) is 6. The van der Waals surface area contributed by atoms with Gasteiger partial charge in [0.15, 0.2) is 5.75 Å². The number of rotatable bonds is 2. The Morgan fingerprint density at radius 3 is 2.22 bits per heavy atom. The van der Waals surface area contributed by atoms with Crippen molar-refractivity contribution in [3.05, 3.63) is 53.3 Å². The topological polar surface area (TPSA) is 201 Å². The molecule has 272 valence electrons. The number of aliphatic hydroxyl groups excluding tert-OH is 2. The number of benzene rings is 2. The molecule has 0 aliphatic carbocycles. The van der Waals surface area contributed by atoms with Crippen molar-refractivity contribution in [3.8, 4) is 23.0 Å². The molecule has 5 bridgehead atoms. The number of anilines is 1. The van der Waals surface area contributed by atoms with E-state index >= 15 is 0 Å². The Balaban J connectivity index is 1.87. The molecule has 0 fully saturated rings. The summed E-state index contributed by atoms with van der Waals surface area (Å²) in [5.74, 6) is -7.99. The number of allylic oxidation sites excluding steroid dienone is 2. The molecular weight excluding hydrogens is 650 g/mol. The zero-order valence-corrected chi connectivity index (χ0v) is 29.7. The third-order valence-electron chi connectivity index (χ3n) is 9.84. The summed E-state index contributed by atoms with van der Waals surface area (Å²) in [4.78, 5) is 39.2. The Hall–Kier alpha value is -4.59. The normalized spacial score (nSPS) is 30.9. The number of nitrogens with one attached hydrogen (secondary N) is 1. The van der Waals surface area contributed by atoms with Crippen LogP contribution in [0.3, 0.4) is 0 Å². The number of hydrogen-bond acceptors (Lipinski definition) is 12. The maximum absolute atomic E-state index is 13.9. The number of ether oxygens (including phenoxy) is 4. The predicted octanol–water partition coefficient (Wildman–Crippen LogP) is 4.75. The lowest BCUT2D eigenvalue weighted by molar-refractivity contribution is -0.160. The number of aromatic hydroxyl groups is 3. The Morgan fingerprint density at radius 2 is 1.60 bits per heavy atom. The number of phenols is 3. The Labute approximate surface area is 290 Å². The van der Waals surface area contributed by atoms with Crippen LogP contribution < -0.4 is 10.1 Å². The van der Waals surface area contributed by atoms with Gasteiger partial charge in [0.2, 0.25) is 0 Å². The van der Waals surface area contributed by atoms with Crippen LogP contribution in [0.2, 0.25) is 0 Å². The molecule has 1 amide bonds. The first-order chi connectivity index (χ1) is 23.4. The molecule has 3 aliphatic rings.